The fourth-order valence-electron chi connectivity index (χ4n) is 1.81. The molecule has 0 spiro atoms. The summed E-state index contributed by atoms with van der Waals surface area (Å²) in [5.41, 5.74) is 2.59. The SMILES string of the molecule is Cc1nn(-c2ccc([C@@H](C)O)cc2F)c(C)c1Br. The molecule has 0 radical (unpaired) electrons. The summed E-state index contributed by atoms with van der Waals surface area (Å²) in [6, 6.07) is 4.67. The normalized spacial score (nSPS) is 12.8. The largest absolute Gasteiger partial charge is 0.389 e. The third kappa shape index (κ3) is 2.20. The lowest BCUT2D eigenvalue weighted by molar-refractivity contribution is 0.199. The number of halogens is 2. The van der Waals surface area contributed by atoms with Crippen LogP contribution < -0.4 is 0 Å². The second kappa shape index (κ2) is 4.82. The number of nitrogens with zero attached hydrogens (tertiary/aromatic N) is 2. The van der Waals surface area contributed by atoms with Crippen molar-refractivity contribution in [3.63, 3.8) is 0 Å². The first kappa shape index (κ1) is 13.2. The lowest BCUT2D eigenvalue weighted by Gasteiger charge is -2.09. The van der Waals surface area contributed by atoms with Gasteiger partial charge in [0.25, 0.3) is 0 Å². The number of rotatable bonds is 2. The monoisotopic (exact) mass is 312 g/mol. The quantitative estimate of drug-likeness (QED) is 0.922. The van der Waals surface area contributed by atoms with Gasteiger partial charge >= 0.3 is 0 Å². The van der Waals surface area contributed by atoms with Gasteiger partial charge in [0.2, 0.25) is 0 Å². The van der Waals surface area contributed by atoms with E-state index >= 15 is 0 Å². The van der Waals surface area contributed by atoms with Crippen molar-refractivity contribution in [3.05, 3.63) is 45.4 Å². The van der Waals surface area contributed by atoms with Crippen LogP contribution in [0.15, 0.2) is 22.7 Å². The molecular formula is C13H14BrFN2O. The van der Waals surface area contributed by atoms with Crippen molar-refractivity contribution in [3.8, 4) is 5.69 Å². The standard InChI is InChI=1S/C13H14BrFN2O/c1-7-13(14)8(2)17(16-7)12-5-4-10(9(3)18)6-11(12)15/h4-6,9,18H,1-3H3/t9-/m1/s1. The van der Waals surface area contributed by atoms with Crippen molar-refractivity contribution in [2.24, 2.45) is 0 Å². The molecule has 96 valence electrons. The van der Waals surface area contributed by atoms with Gasteiger partial charge in [-0.3, -0.25) is 0 Å². The van der Waals surface area contributed by atoms with E-state index < -0.39 is 11.9 Å². The lowest BCUT2D eigenvalue weighted by atomic mass is 10.1. The Bertz CT molecular complexity index is 593. The molecule has 0 bridgehead atoms. The predicted molar refractivity (Wildman–Crippen MR) is 71.3 cm³/mol. The highest BCUT2D eigenvalue weighted by Gasteiger charge is 2.14. The molecule has 0 saturated carbocycles. The van der Waals surface area contributed by atoms with Crippen LogP contribution in [0.1, 0.15) is 30.0 Å². The van der Waals surface area contributed by atoms with Crippen LogP contribution in [-0.2, 0) is 0 Å². The molecule has 0 aliphatic heterocycles. The first-order valence-electron chi connectivity index (χ1n) is 5.61. The molecule has 0 saturated heterocycles. The number of hydrogen-bond donors (Lipinski definition) is 1. The van der Waals surface area contributed by atoms with Crippen LogP contribution in [0.2, 0.25) is 0 Å². The summed E-state index contributed by atoms with van der Waals surface area (Å²) in [4.78, 5) is 0. The van der Waals surface area contributed by atoms with Gasteiger partial charge in [-0.25, -0.2) is 9.07 Å². The van der Waals surface area contributed by atoms with E-state index in [1.165, 1.54) is 6.07 Å². The average molecular weight is 313 g/mol. The third-order valence-corrected chi connectivity index (χ3v) is 4.03. The molecule has 0 unspecified atom stereocenters. The predicted octanol–water partition coefficient (Wildman–Crippen LogP) is 3.44. The summed E-state index contributed by atoms with van der Waals surface area (Å²) in [7, 11) is 0. The average Bonchev–Trinajstić information content (AvgIpc) is 2.57. The van der Waals surface area contributed by atoms with Gasteiger partial charge in [0, 0.05) is 0 Å². The summed E-state index contributed by atoms with van der Waals surface area (Å²) in [5, 5.41) is 13.7. The molecule has 0 aliphatic carbocycles. The Hall–Kier alpha value is -1.20. The van der Waals surface area contributed by atoms with E-state index in [-0.39, 0.29) is 0 Å². The summed E-state index contributed by atoms with van der Waals surface area (Å²) in [5.74, 6) is -0.397. The second-order valence-corrected chi connectivity index (χ2v) is 5.08. The van der Waals surface area contributed by atoms with E-state index in [2.05, 4.69) is 21.0 Å². The Balaban J connectivity index is 2.54. The van der Waals surface area contributed by atoms with Crippen molar-refractivity contribution in [2.75, 3.05) is 0 Å². The highest BCUT2D eigenvalue weighted by molar-refractivity contribution is 9.10. The highest BCUT2D eigenvalue weighted by atomic mass is 79.9. The van der Waals surface area contributed by atoms with Crippen LogP contribution in [0.5, 0.6) is 0 Å². The molecule has 1 N–H and O–H groups in total. The minimum absolute atomic E-state index is 0.380. The fourth-order valence-corrected chi connectivity index (χ4v) is 2.06. The zero-order valence-corrected chi connectivity index (χ0v) is 12.0. The van der Waals surface area contributed by atoms with Crippen LogP contribution in [-0.4, -0.2) is 14.9 Å². The van der Waals surface area contributed by atoms with E-state index in [1.54, 1.807) is 23.7 Å². The molecule has 2 aromatic rings. The Morgan fingerprint density at radius 1 is 1.39 bits per heavy atom. The van der Waals surface area contributed by atoms with Crippen LogP contribution >= 0.6 is 15.9 Å². The van der Waals surface area contributed by atoms with Crippen molar-refractivity contribution in [1.29, 1.82) is 0 Å². The summed E-state index contributed by atoms with van der Waals surface area (Å²) in [6.45, 7) is 5.33. The molecule has 2 rings (SSSR count). The van der Waals surface area contributed by atoms with Gasteiger partial charge in [-0.2, -0.15) is 5.10 Å². The van der Waals surface area contributed by atoms with E-state index in [0.717, 1.165) is 15.9 Å². The van der Waals surface area contributed by atoms with Crippen molar-refractivity contribution in [1.82, 2.24) is 9.78 Å². The molecule has 1 heterocycles. The van der Waals surface area contributed by atoms with Crippen LogP contribution in [0, 0.1) is 19.7 Å². The van der Waals surface area contributed by atoms with Gasteiger partial charge in [0.05, 0.1) is 22.0 Å². The number of aliphatic hydroxyl groups is 1. The maximum Gasteiger partial charge on any atom is 0.149 e. The summed E-state index contributed by atoms with van der Waals surface area (Å²) in [6.07, 6.45) is -0.680. The zero-order chi connectivity index (χ0) is 13.4. The third-order valence-electron chi connectivity index (χ3n) is 2.89. The number of aryl methyl sites for hydroxylation is 1. The van der Waals surface area contributed by atoms with E-state index in [0.29, 0.717) is 11.3 Å². The molecule has 0 amide bonds. The number of aliphatic hydroxyl groups excluding tert-OH is 1. The van der Waals surface area contributed by atoms with Crippen LogP contribution in [0.3, 0.4) is 0 Å². The second-order valence-electron chi connectivity index (χ2n) is 4.28. The molecule has 3 nitrogen and oxygen atoms in total. The van der Waals surface area contributed by atoms with E-state index in [1.807, 2.05) is 13.8 Å². The Labute approximate surface area is 113 Å². The van der Waals surface area contributed by atoms with Crippen molar-refractivity contribution >= 4 is 15.9 Å². The Morgan fingerprint density at radius 2 is 2.06 bits per heavy atom. The molecule has 18 heavy (non-hydrogen) atoms. The first-order chi connectivity index (χ1) is 8.41. The molecule has 1 aromatic carbocycles. The maximum absolute atomic E-state index is 14.0. The van der Waals surface area contributed by atoms with Gasteiger partial charge in [-0.05, 0) is 54.4 Å². The van der Waals surface area contributed by atoms with Gasteiger partial charge in [0.15, 0.2) is 0 Å². The first-order valence-corrected chi connectivity index (χ1v) is 6.40. The smallest absolute Gasteiger partial charge is 0.149 e. The van der Waals surface area contributed by atoms with Gasteiger partial charge in [-0.15, -0.1) is 0 Å². The number of aromatic nitrogens is 2. The molecule has 1 aromatic heterocycles. The minimum atomic E-state index is -0.680. The minimum Gasteiger partial charge on any atom is -0.389 e. The zero-order valence-electron chi connectivity index (χ0n) is 10.4. The number of hydrogen-bond acceptors (Lipinski definition) is 2. The molecule has 0 fully saturated rings. The van der Waals surface area contributed by atoms with Gasteiger partial charge in [0.1, 0.15) is 11.5 Å². The lowest BCUT2D eigenvalue weighted by Crippen LogP contribution is -2.03. The molecule has 0 aliphatic rings. The maximum atomic E-state index is 14.0. The van der Waals surface area contributed by atoms with Gasteiger partial charge in [-0.1, -0.05) is 6.07 Å². The summed E-state index contributed by atoms with van der Waals surface area (Å²) >= 11 is 3.41. The van der Waals surface area contributed by atoms with Crippen molar-refractivity contribution < 1.29 is 9.50 Å². The summed E-state index contributed by atoms with van der Waals surface area (Å²) < 4.78 is 16.5. The number of benzene rings is 1. The van der Waals surface area contributed by atoms with Crippen LogP contribution in [0.4, 0.5) is 4.39 Å². The fraction of sp³-hybridized carbons (Fsp3) is 0.308. The Morgan fingerprint density at radius 3 is 2.50 bits per heavy atom. The highest BCUT2D eigenvalue weighted by Crippen LogP contribution is 2.25. The molecule has 1 atom stereocenters. The topological polar surface area (TPSA) is 38.0 Å². The van der Waals surface area contributed by atoms with Crippen LogP contribution in [0.25, 0.3) is 5.69 Å². The van der Waals surface area contributed by atoms with E-state index in [9.17, 15) is 9.50 Å². The molecular weight excluding hydrogens is 299 g/mol. The van der Waals surface area contributed by atoms with E-state index in [4.69, 9.17) is 0 Å². The Kier molecular flexibility index (Phi) is 3.54. The van der Waals surface area contributed by atoms with Crippen molar-refractivity contribution in [2.45, 2.75) is 26.9 Å². The molecule has 5 heteroatoms. The van der Waals surface area contributed by atoms with Gasteiger partial charge < -0.3 is 5.11 Å².